The van der Waals surface area contributed by atoms with Crippen LogP contribution < -0.4 is 10.6 Å². The fraction of sp³-hybridized carbons (Fsp3) is 0.300. The Morgan fingerprint density at radius 3 is 2.86 bits per heavy atom. The van der Waals surface area contributed by atoms with Crippen molar-refractivity contribution in [1.29, 1.82) is 0 Å². The molecule has 2 N–H and O–H groups in total. The summed E-state index contributed by atoms with van der Waals surface area (Å²) in [5.74, 6) is -0.441. The third kappa shape index (κ3) is 2.73. The molecule has 0 saturated carbocycles. The number of rotatable bonds is 3. The van der Waals surface area contributed by atoms with Crippen molar-refractivity contribution in [2.45, 2.75) is 6.92 Å². The smallest absolute Gasteiger partial charge is 0.239 e. The molecular weight excluding hydrogens is 183 g/mol. The van der Waals surface area contributed by atoms with Crippen molar-refractivity contribution in [3.63, 3.8) is 0 Å². The lowest BCUT2D eigenvalue weighted by atomic mass is 10.2. The quantitative estimate of drug-likeness (QED) is 0.764. The summed E-state index contributed by atoms with van der Waals surface area (Å²) in [5, 5.41) is 5.33. The molecule has 1 aromatic rings. The molecule has 3 nitrogen and oxygen atoms in total. The van der Waals surface area contributed by atoms with Crippen molar-refractivity contribution in [3.8, 4) is 0 Å². The van der Waals surface area contributed by atoms with E-state index in [2.05, 4.69) is 10.6 Å². The second-order valence-corrected chi connectivity index (χ2v) is 2.99. The van der Waals surface area contributed by atoms with Gasteiger partial charge in [-0.05, 0) is 24.6 Å². The van der Waals surface area contributed by atoms with Gasteiger partial charge in [-0.2, -0.15) is 0 Å². The van der Waals surface area contributed by atoms with Crippen LogP contribution in [0.1, 0.15) is 5.56 Å². The van der Waals surface area contributed by atoms with Gasteiger partial charge in [0.05, 0.1) is 6.54 Å². The van der Waals surface area contributed by atoms with Gasteiger partial charge in [-0.3, -0.25) is 4.79 Å². The first-order valence-corrected chi connectivity index (χ1v) is 4.34. The Labute approximate surface area is 82.3 Å². The van der Waals surface area contributed by atoms with Crippen LogP contribution in [0.4, 0.5) is 10.1 Å². The lowest BCUT2D eigenvalue weighted by Gasteiger charge is -2.08. The van der Waals surface area contributed by atoms with Gasteiger partial charge in [-0.15, -0.1) is 0 Å². The first-order chi connectivity index (χ1) is 6.63. The number of anilines is 1. The number of benzene rings is 1. The SMILES string of the molecule is CNC(=O)CNc1cc(F)ccc1C. The summed E-state index contributed by atoms with van der Waals surface area (Å²) in [7, 11) is 1.56. The predicted octanol–water partition coefficient (Wildman–Crippen LogP) is 1.29. The van der Waals surface area contributed by atoms with Crippen LogP contribution in [-0.2, 0) is 4.79 Å². The van der Waals surface area contributed by atoms with Gasteiger partial charge in [-0.1, -0.05) is 6.07 Å². The van der Waals surface area contributed by atoms with E-state index in [9.17, 15) is 9.18 Å². The Balaban J connectivity index is 2.66. The van der Waals surface area contributed by atoms with Gasteiger partial charge in [0.25, 0.3) is 0 Å². The normalized spacial score (nSPS) is 9.64. The van der Waals surface area contributed by atoms with E-state index in [0.29, 0.717) is 5.69 Å². The molecule has 1 aromatic carbocycles. The number of carbonyl (C=O) groups is 1. The second kappa shape index (κ2) is 4.60. The average Bonchev–Trinajstić information content (AvgIpc) is 2.19. The Hall–Kier alpha value is -1.58. The molecule has 0 unspecified atom stereocenters. The molecule has 1 amide bonds. The molecule has 0 aromatic heterocycles. The van der Waals surface area contributed by atoms with Gasteiger partial charge < -0.3 is 10.6 Å². The first kappa shape index (κ1) is 10.5. The molecule has 14 heavy (non-hydrogen) atoms. The highest BCUT2D eigenvalue weighted by atomic mass is 19.1. The molecule has 0 aliphatic heterocycles. The molecule has 4 heteroatoms. The average molecular weight is 196 g/mol. The van der Waals surface area contributed by atoms with E-state index in [1.807, 2.05) is 6.92 Å². The lowest BCUT2D eigenvalue weighted by molar-refractivity contribution is -0.118. The molecule has 0 heterocycles. The highest BCUT2D eigenvalue weighted by molar-refractivity contribution is 5.80. The van der Waals surface area contributed by atoms with Crippen molar-refractivity contribution in [3.05, 3.63) is 29.6 Å². The maximum absolute atomic E-state index is 12.8. The topological polar surface area (TPSA) is 41.1 Å². The number of aryl methyl sites for hydroxylation is 1. The van der Waals surface area contributed by atoms with Crippen LogP contribution in [0.15, 0.2) is 18.2 Å². The van der Waals surface area contributed by atoms with E-state index in [1.165, 1.54) is 12.1 Å². The highest BCUT2D eigenvalue weighted by Gasteiger charge is 2.01. The minimum absolute atomic E-state index is 0.131. The number of hydrogen-bond acceptors (Lipinski definition) is 2. The zero-order chi connectivity index (χ0) is 10.6. The molecule has 0 fully saturated rings. The Morgan fingerprint density at radius 1 is 1.50 bits per heavy atom. The van der Waals surface area contributed by atoms with Crippen molar-refractivity contribution in [1.82, 2.24) is 5.32 Å². The third-order valence-corrected chi connectivity index (χ3v) is 1.92. The van der Waals surface area contributed by atoms with E-state index in [1.54, 1.807) is 13.1 Å². The molecule has 0 aliphatic rings. The summed E-state index contributed by atoms with van der Waals surface area (Å²) in [6.07, 6.45) is 0. The molecule has 76 valence electrons. The van der Waals surface area contributed by atoms with Crippen molar-refractivity contribution in [2.24, 2.45) is 0 Å². The highest BCUT2D eigenvalue weighted by Crippen LogP contribution is 2.15. The zero-order valence-corrected chi connectivity index (χ0v) is 8.23. The lowest BCUT2D eigenvalue weighted by Crippen LogP contribution is -2.26. The summed E-state index contributed by atoms with van der Waals surface area (Å²) in [5.41, 5.74) is 1.56. The second-order valence-electron chi connectivity index (χ2n) is 2.99. The van der Waals surface area contributed by atoms with Crippen LogP contribution >= 0.6 is 0 Å². The summed E-state index contributed by atoms with van der Waals surface area (Å²) < 4.78 is 12.8. The summed E-state index contributed by atoms with van der Waals surface area (Å²) >= 11 is 0. The van der Waals surface area contributed by atoms with Crippen LogP contribution in [0.5, 0.6) is 0 Å². The standard InChI is InChI=1S/C10H13FN2O/c1-7-3-4-8(11)5-9(7)13-6-10(14)12-2/h3-5,13H,6H2,1-2H3,(H,12,14). The van der Waals surface area contributed by atoms with Crippen LogP contribution in [0.25, 0.3) is 0 Å². The van der Waals surface area contributed by atoms with Gasteiger partial charge in [-0.25, -0.2) is 4.39 Å². The summed E-state index contributed by atoms with van der Waals surface area (Å²) in [6, 6.07) is 4.43. The van der Waals surface area contributed by atoms with E-state index in [0.717, 1.165) is 5.56 Å². The van der Waals surface area contributed by atoms with Gasteiger partial charge >= 0.3 is 0 Å². The Bertz CT molecular complexity index is 339. The van der Waals surface area contributed by atoms with Gasteiger partial charge in [0.15, 0.2) is 0 Å². The van der Waals surface area contributed by atoms with Crippen LogP contribution in [0.3, 0.4) is 0 Å². The first-order valence-electron chi connectivity index (χ1n) is 4.34. The van der Waals surface area contributed by atoms with Crippen molar-refractivity contribution >= 4 is 11.6 Å². The summed E-state index contributed by atoms with van der Waals surface area (Å²) in [4.78, 5) is 10.9. The number of likely N-dealkylation sites (N-methyl/N-ethyl adjacent to an activating group) is 1. The molecule has 1 rings (SSSR count). The number of nitrogens with one attached hydrogen (secondary N) is 2. The monoisotopic (exact) mass is 196 g/mol. The van der Waals surface area contributed by atoms with E-state index in [4.69, 9.17) is 0 Å². The molecular formula is C10H13FN2O. The number of halogens is 1. The fourth-order valence-electron chi connectivity index (χ4n) is 1.05. The molecule has 0 aliphatic carbocycles. The van der Waals surface area contributed by atoms with E-state index < -0.39 is 0 Å². The van der Waals surface area contributed by atoms with Gasteiger partial charge in [0.2, 0.25) is 5.91 Å². The number of carbonyl (C=O) groups excluding carboxylic acids is 1. The minimum Gasteiger partial charge on any atom is -0.376 e. The third-order valence-electron chi connectivity index (χ3n) is 1.92. The molecule has 0 atom stereocenters. The van der Waals surface area contributed by atoms with E-state index >= 15 is 0 Å². The fourth-order valence-corrected chi connectivity index (χ4v) is 1.05. The van der Waals surface area contributed by atoms with Crippen LogP contribution in [0, 0.1) is 12.7 Å². The van der Waals surface area contributed by atoms with Gasteiger partial charge in [0, 0.05) is 12.7 Å². The zero-order valence-electron chi connectivity index (χ0n) is 8.23. The maximum atomic E-state index is 12.8. The predicted molar refractivity (Wildman–Crippen MR) is 53.7 cm³/mol. The number of amides is 1. The Morgan fingerprint density at radius 2 is 2.21 bits per heavy atom. The molecule has 0 saturated heterocycles. The van der Waals surface area contributed by atoms with Crippen molar-refractivity contribution < 1.29 is 9.18 Å². The van der Waals surface area contributed by atoms with Crippen LogP contribution in [0.2, 0.25) is 0 Å². The molecule has 0 bridgehead atoms. The minimum atomic E-state index is -0.310. The molecule has 0 radical (unpaired) electrons. The van der Waals surface area contributed by atoms with Crippen LogP contribution in [-0.4, -0.2) is 19.5 Å². The Kier molecular flexibility index (Phi) is 3.45. The van der Waals surface area contributed by atoms with Gasteiger partial charge in [0.1, 0.15) is 5.82 Å². The largest absolute Gasteiger partial charge is 0.376 e. The van der Waals surface area contributed by atoms with Crippen molar-refractivity contribution in [2.75, 3.05) is 18.9 Å². The molecule has 0 spiro atoms. The maximum Gasteiger partial charge on any atom is 0.239 e. The summed E-state index contributed by atoms with van der Waals surface area (Å²) in [6.45, 7) is 2.01. The van der Waals surface area contributed by atoms with E-state index in [-0.39, 0.29) is 18.3 Å². The number of hydrogen-bond donors (Lipinski definition) is 2.